The molecule has 19 heavy (non-hydrogen) atoms. The summed E-state index contributed by atoms with van der Waals surface area (Å²) in [4.78, 5) is 2.30. The molecule has 0 saturated carbocycles. The number of rotatable bonds is 3. The molecular weight excluding hydrogens is 239 g/mol. The summed E-state index contributed by atoms with van der Waals surface area (Å²) in [7, 11) is 0. The Labute approximate surface area is 116 Å². The molecular formula is C16H25FN2. The number of nitrogens with one attached hydrogen (secondary N) is 1. The van der Waals surface area contributed by atoms with Crippen LogP contribution >= 0.6 is 0 Å². The van der Waals surface area contributed by atoms with Crippen LogP contribution in [0.15, 0.2) is 30.3 Å². The predicted octanol–water partition coefficient (Wildman–Crippen LogP) is 3.02. The van der Waals surface area contributed by atoms with Gasteiger partial charge in [-0.15, -0.1) is 0 Å². The third kappa shape index (κ3) is 3.54. The van der Waals surface area contributed by atoms with Gasteiger partial charge in [-0.05, 0) is 11.0 Å². The lowest BCUT2D eigenvalue weighted by Gasteiger charge is -2.46. The van der Waals surface area contributed by atoms with Crippen LogP contribution in [-0.4, -0.2) is 37.3 Å². The normalized spacial score (nSPS) is 25.5. The average molecular weight is 264 g/mol. The van der Waals surface area contributed by atoms with E-state index >= 15 is 0 Å². The van der Waals surface area contributed by atoms with E-state index < -0.39 is 0 Å². The van der Waals surface area contributed by atoms with Gasteiger partial charge in [-0.2, -0.15) is 0 Å². The smallest absolute Gasteiger partial charge is 0.102 e. The highest BCUT2D eigenvalue weighted by molar-refractivity contribution is 5.20. The molecule has 106 valence electrons. The van der Waals surface area contributed by atoms with Crippen molar-refractivity contribution >= 4 is 0 Å². The number of hydrogen-bond donors (Lipinski definition) is 1. The van der Waals surface area contributed by atoms with Gasteiger partial charge in [0.05, 0.1) is 0 Å². The van der Waals surface area contributed by atoms with Gasteiger partial charge in [0.1, 0.15) is 6.67 Å². The molecule has 1 saturated heterocycles. The minimum Gasteiger partial charge on any atom is -0.307 e. The first-order chi connectivity index (χ1) is 9.02. The first-order valence-electron chi connectivity index (χ1n) is 7.10. The summed E-state index contributed by atoms with van der Waals surface area (Å²) < 4.78 is 12.8. The molecule has 0 bridgehead atoms. The quantitative estimate of drug-likeness (QED) is 0.903. The number of hydrogen-bond acceptors (Lipinski definition) is 2. The van der Waals surface area contributed by atoms with Crippen molar-refractivity contribution in [3.05, 3.63) is 35.9 Å². The topological polar surface area (TPSA) is 15.3 Å². The maximum Gasteiger partial charge on any atom is 0.102 e. The third-order valence-corrected chi connectivity index (χ3v) is 3.99. The Hall–Kier alpha value is -0.930. The number of alkyl halides is 1. The maximum atomic E-state index is 12.8. The van der Waals surface area contributed by atoms with Gasteiger partial charge in [-0.25, -0.2) is 4.39 Å². The Morgan fingerprint density at radius 2 is 1.95 bits per heavy atom. The van der Waals surface area contributed by atoms with Crippen molar-refractivity contribution in [2.75, 3.05) is 26.3 Å². The summed E-state index contributed by atoms with van der Waals surface area (Å²) in [5, 5.41) is 3.62. The molecule has 3 heteroatoms. The molecule has 1 aliphatic rings. The third-order valence-electron chi connectivity index (χ3n) is 3.99. The zero-order valence-corrected chi connectivity index (χ0v) is 12.2. The van der Waals surface area contributed by atoms with E-state index in [1.807, 2.05) is 6.07 Å². The summed E-state index contributed by atoms with van der Waals surface area (Å²) >= 11 is 0. The van der Waals surface area contributed by atoms with E-state index in [1.54, 1.807) is 0 Å². The van der Waals surface area contributed by atoms with Crippen molar-refractivity contribution in [1.82, 2.24) is 10.2 Å². The van der Waals surface area contributed by atoms with Crippen LogP contribution in [0, 0.1) is 5.41 Å². The molecule has 1 N–H and O–H groups in total. The van der Waals surface area contributed by atoms with E-state index in [0.717, 1.165) is 13.1 Å². The second kappa shape index (κ2) is 6.02. The fourth-order valence-corrected chi connectivity index (χ4v) is 2.93. The molecule has 1 aliphatic heterocycles. The fourth-order valence-electron chi connectivity index (χ4n) is 2.93. The Morgan fingerprint density at radius 3 is 2.53 bits per heavy atom. The van der Waals surface area contributed by atoms with Crippen molar-refractivity contribution in [2.24, 2.45) is 5.41 Å². The molecule has 2 atom stereocenters. The Balaban J connectivity index is 2.10. The Morgan fingerprint density at radius 1 is 1.26 bits per heavy atom. The van der Waals surface area contributed by atoms with E-state index in [-0.39, 0.29) is 12.1 Å². The van der Waals surface area contributed by atoms with Gasteiger partial charge in [0.15, 0.2) is 0 Å². The van der Waals surface area contributed by atoms with Gasteiger partial charge in [-0.3, -0.25) is 4.90 Å². The molecule has 0 amide bonds. The van der Waals surface area contributed by atoms with Crippen LogP contribution in [0.4, 0.5) is 4.39 Å². The predicted molar refractivity (Wildman–Crippen MR) is 78.0 cm³/mol. The molecule has 1 heterocycles. The lowest BCUT2D eigenvalue weighted by Crippen LogP contribution is -2.58. The highest BCUT2D eigenvalue weighted by Gasteiger charge is 2.35. The minimum atomic E-state index is -0.270. The molecule has 2 nitrogen and oxygen atoms in total. The highest BCUT2D eigenvalue weighted by atomic mass is 19.1. The van der Waals surface area contributed by atoms with Gasteiger partial charge in [-0.1, -0.05) is 51.1 Å². The fraction of sp³-hybridized carbons (Fsp3) is 0.625. The largest absolute Gasteiger partial charge is 0.307 e. The molecule has 0 radical (unpaired) electrons. The molecule has 1 aromatic carbocycles. The van der Waals surface area contributed by atoms with Crippen LogP contribution in [-0.2, 0) is 0 Å². The maximum absolute atomic E-state index is 12.8. The molecule has 2 unspecified atom stereocenters. The number of benzene rings is 1. The van der Waals surface area contributed by atoms with Gasteiger partial charge >= 0.3 is 0 Å². The molecule has 2 rings (SSSR count). The summed E-state index contributed by atoms with van der Waals surface area (Å²) in [5.74, 6) is 0. The van der Waals surface area contributed by atoms with Crippen molar-refractivity contribution in [1.29, 1.82) is 0 Å². The van der Waals surface area contributed by atoms with Crippen LogP contribution in [0.1, 0.15) is 32.4 Å². The van der Waals surface area contributed by atoms with Crippen LogP contribution < -0.4 is 5.32 Å². The van der Waals surface area contributed by atoms with E-state index in [0.29, 0.717) is 18.6 Å². The van der Waals surface area contributed by atoms with Crippen molar-refractivity contribution in [3.63, 3.8) is 0 Å². The monoisotopic (exact) mass is 264 g/mol. The van der Waals surface area contributed by atoms with E-state index in [2.05, 4.69) is 55.3 Å². The number of halogens is 1. The molecule has 0 spiro atoms. The summed E-state index contributed by atoms with van der Waals surface area (Å²) in [6.07, 6.45) is 0. The number of piperazine rings is 1. The lowest BCUT2D eigenvalue weighted by molar-refractivity contribution is 0.0507. The van der Waals surface area contributed by atoms with Crippen LogP contribution in [0.3, 0.4) is 0 Å². The van der Waals surface area contributed by atoms with E-state index in [1.165, 1.54) is 5.56 Å². The van der Waals surface area contributed by atoms with Crippen molar-refractivity contribution in [2.45, 2.75) is 32.9 Å². The first-order valence-corrected chi connectivity index (χ1v) is 7.10. The molecule has 1 fully saturated rings. The molecule has 0 aromatic heterocycles. The Bertz CT molecular complexity index is 385. The zero-order valence-electron chi connectivity index (χ0n) is 12.2. The average Bonchev–Trinajstić information content (AvgIpc) is 2.39. The summed E-state index contributed by atoms with van der Waals surface area (Å²) in [5.41, 5.74) is 1.46. The van der Waals surface area contributed by atoms with E-state index in [4.69, 9.17) is 0 Å². The summed E-state index contributed by atoms with van der Waals surface area (Å²) in [6.45, 7) is 8.76. The van der Waals surface area contributed by atoms with Gasteiger partial charge in [0.25, 0.3) is 0 Å². The second-order valence-corrected chi connectivity index (χ2v) is 6.44. The second-order valence-electron chi connectivity index (χ2n) is 6.44. The SMILES string of the molecule is CC(C)(C)C1CNC(c2ccccc2)CN1CCF. The van der Waals surface area contributed by atoms with Crippen LogP contribution in [0.5, 0.6) is 0 Å². The lowest BCUT2D eigenvalue weighted by atomic mass is 9.83. The van der Waals surface area contributed by atoms with E-state index in [9.17, 15) is 4.39 Å². The van der Waals surface area contributed by atoms with Gasteiger partial charge in [0.2, 0.25) is 0 Å². The van der Waals surface area contributed by atoms with Gasteiger partial charge in [0, 0.05) is 31.7 Å². The molecule has 0 aliphatic carbocycles. The Kier molecular flexibility index (Phi) is 4.58. The van der Waals surface area contributed by atoms with Crippen LogP contribution in [0.2, 0.25) is 0 Å². The van der Waals surface area contributed by atoms with Crippen LogP contribution in [0.25, 0.3) is 0 Å². The number of nitrogens with zero attached hydrogens (tertiary/aromatic N) is 1. The minimum absolute atomic E-state index is 0.170. The highest BCUT2D eigenvalue weighted by Crippen LogP contribution is 2.29. The standard InChI is InChI=1S/C16H25FN2/c1-16(2,3)15-11-18-14(12-19(15)10-9-17)13-7-5-4-6-8-13/h4-8,14-15,18H,9-12H2,1-3H3. The zero-order chi connectivity index (χ0) is 13.9. The summed E-state index contributed by atoms with van der Waals surface area (Å²) in [6, 6.07) is 11.1. The van der Waals surface area contributed by atoms with Crippen molar-refractivity contribution in [3.8, 4) is 0 Å². The van der Waals surface area contributed by atoms with Crippen molar-refractivity contribution < 1.29 is 4.39 Å². The molecule has 1 aromatic rings. The first kappa shape index (κ1) is 14.5. The van der Waals surface area contributed by atoms with Gasteiger partial charge < -0.3 is 5.32 Å².